The molecule has 0 spiro atoms. The van der Waals surface area contributed by atoms with E-state index >= 15 is 0 Å². The number of amides is 2. The molecule has 2 aromatic carbocycles. The SMILES string of the molecule is CCNC(=O)Nc1nc(-c2ccc(-c3ccccc3)cc2)cs1. The summed E-state index contributed by atoms with van der Waals surface area (Å²) in [6.07, 6.45) is 0. The second-order valence-corrected chi connectivity index (χ2v) is 5.82. The molecule has 1 heterocycles. The van der Waals surface area contributed by atoms with Crippen molar-refractivity contribution in [2.75, 3.05) is 11.9 Å². The predicted octanol–water partition coefficient (Wildman–Crippen LogP) is 4.62. The molecule has 0 aliphatic rings. The number of thiazole rings is 1. The van der Waals surface area contributed by atoms with Gasteiger partial charge in [0.15, 0.2) is 5.13 Å². The first-order chi connectivity index (χ1) is 11.3. The molecule has 116 valence electrons. The summed E-state index contributed by atoms with van der Waals surface area (Å²) < 4.78 is 0. The van der Waals surface area contributed by atoms with Crippen LogP contribution < -0.4 is 10.6 Å². The average Bonchev–Trinajstić information content (AvgIpc) is 3.04. The number of aromatic nitrogens is 1. The van der Waals surface area contributed by atoms with E-state index in [0.29, 0.717) is 11.7 Å². The van der Waals surface area contributed by atoms with E-state index < -0.39 is 0 Å². The fraction of sp³-hybridized carbons (Fsp3) is 0.111. The summed E-state index contributed by atoms with van der Waals surface area (Å²) in [5, 5.41) is 7.95. The maximum atomic E-state index is 11.5. The third kappa shape index (κ3) is 3.76. The second kappa shape index (κ2) is 7.07. The van der Waals surface area contributed by atoms with Gasteiger partial charge in [0.25, 0.3) is 0 Å². The summed E-state index contributed by atoms with van der Waals surface area (Å²) in [7, 11) is 0. The highest BCUT2D eigenvalue weighted by atomic mass is 32.1. The number of carbonyl (C=O) groups is 1. The predicted molar refractivity (Wildman–Crippen MR) is 95.7 cm³/mol. The summed E-state index contributed by atoms with van der Waals surface area (Å²) in [4.78, 5) is 16.0. The number of nitrogens with one attached hydrogen (secondary N) is 2. The molecule has 5 heteroatoms. The lowest BCUT2D eigenvalue weighted by molar-refractivity contribution is 0.252. The number of rotatable bonds is 4. The normalized spacial score (nSPS) is 10.3. The van der Waals surface area contributed by atoms with E-state index in [1.165, 1.54) is 22.5 Å². The van der Waals surface area contributed by atoms with Gasteiger partial charge >= 0.3 is 6.03 Å². The van der Waals surface area contributed by atoms with Crippen LogP contribution in [0.1, 0.15) is 6.92 Å². The van der Waals surface area contributed by atoms with Crippen molar-refractivity contribution in [2.45, 2.75) is 6.92 Å². The van der Waals surface area contributed by atoms with E-state index in [9.17, 15) is 4.79 Å². The van der Waals surface area contributed by atoms with E-state index in [4.69, 9.17) is 0 Å². The Morgan fingerprint density at radius 2 is 1.65 bits per heavy atom. The van der Waals surface area contributed by atoms with E-state index in [2.05, 4.69) is 39.9 Å². The van der Waals surface area contributed by atoms with E-state index in [0.717, 1.165) is 11.3 Å². The van der Waals surface area contributed by atoms with Crippen LogP contribution in [0.25, 0.3) is 22.4 Å². The number of hydrogen-bond acceptors (Lipinski definition) is 3. The standard InChI is InChI=1S/C18H17N3OS/c1-2-19-17(22)21-18-20-16(12-23-18)15-10-8-14(9-11-15)13-6-4-3-5-7-13/h3-12H,2H2,1H3,(H2,19,20,21,22). The Morgan fingerprint density at radius 1 is 1.00 bits per heavy atom. The van der Waals surface area contributed by atoms with Gasteiger partial charge in [-0.15, -0.1) is 11.3 Å². The summed E-state index contributed by atoms with van der Waals surface area (Å²) >= 11 is 1.42. The molecule has 0 atom stereocenters. The van der Waals surface area contributed by atoms with Crippen LogP contribution in [-0.2, 0) is 0 Å². The summed E-state index contributed by atoms with van der Waals surface area (Å²) in [5.41, 5.74) is 4.26. The largest absolute Gasteiger partial charge is 0.338 e. The van der Waals surface area contributed by atoms with Gasteiger partial charge in [0, 0.05) is 17.5 Å². The third-order valence-electron chi connectivity index (χ3n) is 3.35. The fourth-order valence-electron chi connectivity index (χ4n) is 2.23. The van der Waals surface area contributed by atoms with Crippen LogP contribution in [-0.4, -0.2) is 17.6 Å². The molecule has 2 N–H and O–H groups in total. The average molecular weight is 323 g/mol. The second-order valence-electron chi connectivity index (χ2n) is 4.97. The highest BCUT2D eigenvalue weighted by Gasteiger charge is 2.07. The molecule has 2 amide bonds. The smallest absolute Gasteiger partial charge is 0.321 e. The van der Waals surface area contributed by atoms with Gasteiger partial charge in [-0.2, -0.15) is 0 Å². The summed E-state index contributed by atoms with van der Waals surface area (Å²) in [6.45, 7) is 2.46. The summed E-state index contributed by atoms with van der Waals surface area (Å²) in [5.74, 6) is 0. The first kappa shape index (κ1) is 15.2. The lowest BCUT2D eigenvalue weighted by Gasteiger charge is -2.03. The van der Waals surface area contributed by atoms with Gasteiger partial charge in [0.1, 0.15) is 0 Å². The number of urea groups is 1. The molecule has 0 aliphatic heterocycles. The van der Waals surface area contributed by atoms with E-state index in [-0.39, 0.29) is 6.03 Å². The number of benzene rings is 2. The Labute approximate surface area is 139 Å². The molecule has 0 radical (unpaired) electrons. The third-order valence-corrected chi connectivity index (χ3v) is 4.11. The lowest BCUT2D eigenvalue weighted by Crippen LogP contribution is -2.28. The Kier molecular flexibility index (Phi) is 4.68. The highest BCUT2D eigenvalue weighted by Crippen LogP contribution is 2.27. The van der Waals surface area contributed by atoms with Gasteiger partial charge in [-0.25, -0.2) is 9.78 Å². The zero-order chi connectivity index (χ0) is 16.1. The van der Waals surface area contributed by atoms with Crippen molar-refractivity contribution in [3.8, 4) is 22.4 Å². The Bertz CT molecular complexity index is 782. The molecular weight excluding hydrogens is 306 g/mol. The van der Waals surface area contributed by atoms with Crippen molar-refractivity contribution in [2.24, 2.45) is 0 Å². The molecule has 0 saturated carbocycles. The zero-order valence-corrected chi connectivity index (χ0v) is 13.6. The van der Waals surface area contributed by atoms with Crippen LogP contribution in [0.5, 0.6) is 0 Å². The van der Waals surface area contributed by atoms with Crippen LogP contribution in [0.15, 0.2) is 60.0 Å². The monoisotopic (exact) mass is 323 g/mol. The quantitative estimate of drug-likeness (QED) is 0.736. The molecular formula is C18H17N3OS. The van der Waals surface area contributed by atoms with Crippen molar-refractivity contribution in [3.05, 3.63) is 60.0 Å². The first-order valence-corrected chi connectivity index (χ1v) is 8.30. The molecule has 0 unspecified atom stereocenters. The van der Waals surface area contributed by atoms with Crippen molar-refractivity contribution in [1.29, 1.82) is 0 Å². The number of nitrogens with zero attached hydrogens (tertiary/aromatic N) is 1. The van der Waals surface area contributed by atoms with Gasteiger partial charge in [0.2, 0.25) is 0 Å². The van der Waals surface area contributed by atoms with Gasteiger partial charge < -0.3 is 5.32 Å². The Morgan fingerprint density at radius 3 is 2.35 bits per heavy atom. The summed E-state index contributed by atoms with van der Waals surface area (Å²) in [6, 6.07) is 18.3. The molecule has 1 aromatic heterocycles. The molecule has 0 bridgehead atoms. The number of anilines is 1. The maximum Gasteiger partial charge on any atom is 0.321 e. The first-order valence-electron chi connectivity index (χ1n) is 7.42. The van der Waals surface area contributed by atoms with Crippen LogP contribution in [0, 0.1) is 0 Å². The zero-order valence-electron chi connectivity index (χ0n) is 12.7. The van der Waals surface area contributed by atoms with Crippen LogP contribution in [0.2, 0.25) is 0 Å². The van der Waals surface area contributed by atoms with Crippen LogP contribution >= 0.6 is 11.3 Å². The van der Waals surface area contributed by atoms with Crippen molar-refractivity contribution in [1.82, 2.24) is 10.3 Å². The van der Waals surface area contributed by atoms with Crippen LogP contribution in [0.4, 0.5) is 9.93 Å². The fourth-order valence-corrected chi connectivity index (χ4v) is 2.94. The van der Waals surface area contributed by atoms with Gasteiger partial charge in [0.05, 0.1) is 5.69 Å². The van der Waals surface area contributed by atoms with E-state index in [1.54, 1.807) is 0 Å². The molecule has 0 saturated heterocycles. The maximum absolute atomic E-state index is 11.5. The van der Waals surface area contributed by atoms with Gasteiger partial charge in [-0.1, -0.05) is 54.6 Å². The minimum Gasteiger partial charge on any atom is -0.338 e. The molecule has 23 heavy (non-hydrogen) atoms. The Balaban J connectivity index is 1.75. The lowest BCUT2D eigenvalue weighted by atomic mass is 10.0. The van der Waals surface area contributed by atoms with Crippen molar-refractivity contribution < 1.29 is 4.79 Å². The number of hydrogen-bond donors (Lipinski definition) is 2. The molecule has 3 rings (SSSR count). The Hall–Kier alpha value is -2.66. The van der Waals surface area contributed by atoms with E-state index in [1.807, 2.05) is 42.6 Å². The van der Waals surface area contributed by atoms with Crippen molar-refractivity contribution >= 4 is 22.5 Å². The minimum atomic E-state index is -0.229. The number of carbonyl (C=O) groups excluding carboxylic acids is 1. The van der Waals surface area contributed by atoms with Crippen molar-refractivity contribution in [3.63, 3.8) is 0 Å². The molecule has 0 aliphatic carbocycles. The minimum absolute atomic E-state index is 0.229. The molecule has 4 nitrogen and oxygen atoms in total. The van der Waals surface area contributed by atoms with Gasteiger partial charge in [-0.3, -0.25) is 5.32 Å². The molecule has 3 aromatic rings. The molecule has 0 fully saturated rings. The van der Waals surface area contributed by atoms with Gasteiger partial charge in [-0.05, 0) is 18.1 Å². The van der Waals surface area contributed by atoms with Crippen LogP contribution in [0.3, 0.4) is 0 Å². The topological polar surface area (TPSA) is 54.0 Å². The highest BCUT2D eigenvalue weighted by molar-refractivity contribution is 7.14.